The number of esters is 1. The summed E-state index contributed by atoms with van der Waals surface area (Å²) in [5.74, 6) is 0.00632. The Labute approximate surface area is 167 Å². The number of carbonyl (C=O) groups is 2. The molecular formula is C19H23N5O3S. The summed E-state index contributed by atoms with van der Waals surface area (Å²) in [6.07, 6.45) is 0.748. The summed E-state index contributed by atoms with van der Waals surface area (Å²) in [4.78, 5) is 33.5. The van der Waals surface area contributed by atoms with Gasteiger partial charge in [0.15, 0.2) is 10.8 Å². The predicted molar refractivity (Wildman–Crippen MR) is 107 cm³/mol. The van der Waals surface area contributed by atoms with Crippen molar-refractivity contribution in [2.75, 3.05) is 12.9 Å². The molecular weight excluding hydrogens is 378 g/mol. The topological polar surface area (TPSA) is 98.5 Å². The second-order valence-corrected chi connectivity index (χ2v) is 7.49. The number of ether oxygens (including phenoxy) is 1. The van der Waals surface area contributed by atoms with Gasteiger partial charge < -0.3 is 10.1 Å². The van der Waals surface area contributed by atoms with Crippen LogP contribution in [0.1, 0.15) is 26.1 Å². The van der Waals surface area contributed by atoms with Gasteiger partial charge in [-0.15, -0.1) is 5.10 Å². The smallest absolute Gasteiger partial charge is 0.328 e. The number of rotatable bonds is 7. The highest BCUT2D eigenvalue weighted by Crippen LogP contribution is 2.23. The lowest BCUT2D eigenvalue weighted by Gasteiger charge is -2.21. The number of fused-ring (bicyclic) bond motifs is 3. The van der Waals surface area contributed by atoms with Crippen LogP contribution in [0.3, 0.4) is 0 Å². The zero-order valence-electron chi connectivity index (χ0n) is 16.3. The van der Waals surface area contributed by atoms with E-state index in [1.807, 2.05) is 45.0 Å². The van der Waals surface area contributed by atoms with Crippen molar-refractivity contribution in [2.45, 2.75) is 38.4 Å². The molecule has 28 heavy (non-hydrogen) atoms. The Balaban J connectivity index is 1.80. The number of aryl methyl sites for hydroxylation is 1. The first-order valence-corrected chi connectivity index (χ1v) is 10.0. The van der Waals surface area contributed by atoms with Gasteiger partial charge in [0.1, 0.15) is 11.9 Å². The van der Waals surface area contributed by atoms with Crippen molar-refractivity contribution in [3.8, 4) is 0 Å². The van der Waals surface area contributed by atoms with Crippen LogP contribution in [0.25, 0.3) is 16.6 Å². The first-order valence-electron chi connectivity index (χ1n) is 9.06. The first-order chi connectivity index (χ1) is 13.4. The molecule has 8 nitrogen and oxygen atoms in total. The second kappa shape index (κ2) is 8.55. The third-order valence-electron chi connectivity index (χ3n) is 4.57. The SMILES string of the molecule is CCC(C)C(NC(=O)CSc1nc2ccccc2c2nc(C)nn12)C(=O)OC. The molecule has 2 unspecified atom stereocenters. The fraction of sp³-hybridized carbons (Fsp3) is 0.421. The Hall–Kier alpha value is -2.68. The molecule has 0 aliphatic heterocycles. The van der Waals surface area contributed by atoms with Crippen molar-refractivity contribution in [1.82, 2.24) is 24.9 Å². The molecule has 1 amide bonds. The van der Waals surface area contributed by atoms with Gasteiger partial charge in [0.25, 0.3) is 0 Å². The molecule has 0 bridgehead atoms. The number of amides is 1. The molecule has 1 aromatic carbocycles. The van der Waals surface area contributed by atoms with Crippen molar-refractivity contribution < 1.29 is 14.3 Å². The summed E-state index contributed by atoms with van der Waals surface area (Å²) in [5, 5.41) is 8.65. The van der Waals surface area contributed by atoms with Gasteiger partial charge >= 0.3 is 5.97 Å². The van der Waals surface area contributed by atoms with Gasteiger partial charge in [-0.25, -0.2) is 14.8 Å². The van der Waals surface area contributed by atoms with E-state index in [1.165, 1.54) is 18.9 Å². The standard InChI is InChI=1S/C19H23N5O3S/c1-5-11(2)16(18(26)27-4)22-15(25)10-28-19-21-14-9-7-6-8-13(14)17-20-12(3)23-24(17)19/h6-9,11,16H,5,10H2,1-4H3,(H,22,25). The molecule has 0 aliphatic carbocycles. The van der Waals surface area contributed by atoms with Gasteiger partial charge in [-0.2, -0.15) is 4.52 Å². The lowest BCUT2D eigenvalue weighted by atomic mass is 9.99. The van der Waals surface area contributed by atoms with E-state index in [0.29, 0.717) is 16.6 Å². The van der Waals surface area contributed by atoms with Crippen LogP contribution in [-0.4, -0.2) is 50.4 Å². The summed E-state index contributed by atoms with van der Waals surface area (Å²) < 4.78 is 6.47. The predicted octanol–water partition coefficient (Wildman–Crippen LogP) is 2.38. The van der Waals surface area contributed by atoms with Crippen LogP contribution < -0.4 is 5.32 Å². The quantitative estimate of drug-likeness (QED) is 0.369. The Kier molecular flexibility index (Phi) is 6.13. The average Bonchev–Trinajstić information content (AvgIpc) is 3.10. The van der Waals surface area contributed by atoms with Gasteiger partial charge in [-0.1, -0.05) is 44.2 Å². The molecule has 3 rings (SSSR count). The zero-order valence-corrected chi connectivity index (χ0v) is 17.1. The van der Waals surface area contributed by atoms with Crippen LogP contribution in [0.15, 0.2) is 29.4 Å². The Morgan fingerprint density at radius 1 is 1.29 bits per heavy atom. The number of hydrogen-bond donors (Lipinski definition) is 1. The van der Waals surface area contributed by atoms with Gasteiger partial charge in [0.2, 0.25) is 5.91 Å². The van der Waals surface area contributed by atoms with E-state index < -0.39 is 12.0 Å². The summed E-state index contributed by atoms with van der Waals surface area (Å²) in [6.45, 7) is 5.68. The lowest BCUT2D eigenvalue weighted by molar-refractivity contribution is -0.146. The molecule has 9 heteroatoms. The summed E-state index contributed by atoms with van der Waals surface area (Å²) in [6, 6.07) is 7.01. The minimum Gasteiger partial charge on any atom is -0.467 e. The van der Waals surface area contributed by atoms with Gasteiger partial charge in [0, 0.05) is 5.39 Å². The van der Waals surface area contributed by atoms with E-state index >= 15 is 0 Å². The van der Waals surface area contributed by atoms with E-state index in [1.54, 1.807) is 4.52 Å². The van der Waals surface area contributed by atoms with Crippen LogP contribution in [-0.2, 0) is 14.3 Å². The largest absolute Gasteiger partial charge is 0.467 e. The molecule has 2 heterocycles. The third-order valence-corrected chi connectivity index (χ3v) is 5.50. The molecule has 3 aromatic rings. The number of hydrogen-bond acceptors (Lipinski definition) is 7. The number of thioether (sulfide) groups is 1. The third kappa shape index (κ3) is 4.09. The highest BCUT2D eigenvalue weighted by Gasteiger charge is 2.26. The normalized spacial score (nSPS) is 13.4. The number of carbonyl (C=O) groups excluding carboxylic acids is 2. The maximum absolute atomic E-state index is 12.5. The minimum atomic E-state index is -0.665. The minimum absolute atomic E-state index is 0.0233. The van der Waals surface area contributed by atoms with Crippen molar-refractivity contribution in [1.29, 1.82) is 0 Å². The number of aromatic nitrogens is 4. The van der Waals surface area contributed by atoms with Gasteiger partial charge in [0.05, 0.1) is 18.4 Å². The van der Waals surface area contributed by atoms with E-state index in [0.717, 1.165) is 17.3 Å². The molecule has 2 atom stereocenters. The van der Waals surface area contributed by atoms with Crippen molar-refractivity contribution in [2.24, 2.45) is 5.92 Å². The van der Waals surface area contributed by atoms with E-state index in [9.17, 15) is 9.59 Å². The number of benzene rings is 1. The number of nitrogens with zero attached hydrogens (tertiary/aromatic N) is 4. The maximum atomic E-state index is 12.5. The lowest BCUT2D eigenvalue weighted by Crippen LogP contribution is -2.46. The molecule has 148 valence electrons. The molecule has 2 aromatic heterocycles. The van der Waals surface area contributed by atoms with Crippen LogP contribution in [0.2, 0.25) is 0 Å². The van der Waals surface area contributed by atoms with Crippen molar-refractivity contribution in [3.63, 3.8) is 0 Å². The van der Waals surface area contributed by atoms with E-state index in [4.69, 9.17) is 4.74 Å². The number of nitrogens with one attached hydrogen (secondary N) is 1. The molecule has 0 fully saturated rings. The van der Waals surface area contributed by atoms with Crippen LogP contribution >= 0.6 is 11.8 Å². The highest BCUT2D eigenvalue weighted by atomic mass is 32.2. The van der Waals surface area contributed by atoms with Gasteiger partial charge in [-0.3, -0.25) is 4.79 Å². The molecule has 1 N–H and O–H groups in total. The first kappa shape index (κ1) is 20.1. The van der Waals surface area contributed by atoms with Crippen LogP contribution in [0, 0.1) is 12.8 Å². The molecule has 0 saturated carbocycles. The number of methoxy groups -OCH3 is 1. The van der Waals surface area contributed by atoms with E-state index in [-0.39, 0.29) is 17.6 Å². The van der Waals surface area contributed by atoms with Crippen molar-refractivity contribution in [3.05, 3.63) is 30.1 Å². The summed E-state index contributed by atoms with van der Waals surface area (Å²) in [7, 11) is 1.32. The van der Waals surface area contributed by atoms with Crippen LogP contribution in [0.4, 0.5) is 0 Å². The molecule has 0 radical (unpaired) electrons. The van der Waals surface area contributed by atoms with Gasteiger partial charge in [-0.05, 0) is 25.0 Å². The van der Waals surface area contributed by atoms with E-state index in [2.05, 4.69) is 20.4 Å². The highest BCUT2D eigenvalue weighted by molar-refractivity contribution is 7.99. The maximum Gasteiger partial charge on any atom is 0.328 e. The molecule has 0 aliphatic rings. The van der Waals surface area contributed by atoms with Crippen molar-refractivity contribution >= 4 is 40.2 Å². The number of para-hydroxylation sites is 1. The zero-order chi connectivity index (χ0) is 20.3. The fourth-order valence-electron chi connectivity index (χ4n) is 2.87. The summed E-state index contributed by atoms with van der Waals surface area (Å²) >= 11 is 1.25. The van der Waals surface area contributed by atoms with Crippen LogP contribution in [0.5, 0.6) is 0 Å². The Morgan fingerprint density at radius 3 is 2.75 bits per heavy atom. The monoisotopic (exact) mass is 401 g/mol. The summed E-state index contributed by atoms with van der Waals surface area (Å²) in [5.41, 5.74) is 1.50. The average molecular weight is 401 g/mol. The fourth-order valence-corrected chi connectivity index (χ4v) is 3.62. The molecule has 0 spiro atoms. The molecule has 0 saturated heterocycles. The Bertz CT molecular complexity index is 1020. The second-order valence-electron chi connectivity index (χ2n) is 6.55. The Morgan fingerprint density at radius 2 is 2.04 bits per heavy atom.